The van der Waals surface area contributed by atoms with Gasteiger partial charge in [0.25, 0.3) is 0 Å². The smallest absolute Gasteiger partial charge is 0.321 e. The van der Waals surface area contributed by atoms with Crippen LogP contribution >= 0.6 is 0 Å². The summed E-state index contributed by atoms with van der Waals surface area (Å²) in [5.74, 6) is -3.93. The molecule has 0 spiro atoms. The fourth-order valence-corrected chi connectivity index (χ4v) is 2.09. The number of esters is 1. The van der Waals surface area contributed by atoms with E-state index in [1.807, 2.05) is 0 Å². The summed E-state index contributed by atoms with van der Waals surface area (Å²) >= 11 is 0. The van der Waals surface area contributed by atoms with Crippen LogP contribution in [0.15, 0.2) is 0 Å². The summed E-state index contributed by atoms with van der Waals surface area (Å²) in [5, 5.41) is 8.42. The van der Waals surface area contributed by atoms with Gasteiger partial charge in [0.1, 0.15) is 11.8 Å². The fraction of sp³-hybridized carbons (Fsp3) is 0.750. The average molecular weight is 253 g/mol. The van der Waals surface area contributed by atoms with Crippen molar-refractivity contribution in [3.63, 3.8) is 0 Å². The molecular formula is C8H15NO6S. The molecule has 0 aromatic carbocycles. The first-order valence-corrected chi connectivity index (χ1v) is 6.45. The molecule has 0 aromatic rings. The molecule has 0 unspecified atom stereocenters. The van der Waals surface area contributed by atoms with Crippen LogP contribution in [0, 0.1) is 0 Å². The van der Waals surface area contributed by atoms with Crippen LogP contribution in [0.3, 0.4) is 0 Å². The molecule has 0 aliphatic carbocycles. The lowest BCUT2D eigenvalue weighted by Gasteiger charge is -2.07. The van der Waals surface area contributed by atoms with Crippen molar-refractivity contribution in [2.75, 3.05) is 18.1 Å². The molecule has 94 valence electrons. The topological polar surface area (TPSA) is 124 Å². The molecule has 8 heteroatoms. The van der Waals surface area contributed by atoms with E-state index in [4.69, 9.17) is 10.8 Å². The number of carboxylic acid groups (broad SMARTS) is 1. The molecule has 7 nitrogen and oxygen atoms in total. The van der Waals surface area contributed by atoms with E-state index in [0.717, 1.165) is 0 Å². The van der Waals surface area contributed by atoms with E-state index >= 15 is 0 Å². The SMILES string of the molecule is CCCOC(=O)CS(=O)(=O)C[C@H](N)C(=O)O. The van der Waals surface area contributed by atoms with Crippen LogP contribution in [0.4, 0.5) is 0 Å². The summed E-state index contributed by atoms with van der Waals surface area (Å²) in [6, 6.07) is -1.52. The van der Waals surface area contributed by atoms with Gasteiger partial charge >= 0.3 is 11.9 Å². The number of aliphatic carboxylic acids is 1. The van der Waals surface area contributed by atoms with E-state index in [-0.39, 0.29) is 6.61 Å². The quantitative estimate of drug-likeness (QED) is 0.544. The largest absolute Gasteiger partial charge is 0.480 e. The number of hydrogen-bond acceptors (Lipinski definition) is 6. The molecule has 1 atom stereocenters. The molecule has 0 fully saturated rings. The van der Waals surface area contributed by atoms with Crippen molar-refractivity contribution >= 4 is 21.8 Å². The predicted octanol–water partition coefficient (Wildman–Crippen LogP) is -1.23. The third-order valence-electron chi connectivity index (χ3n) is 1.56. The Kier molecular flexibility index (Phi) is 5.97. The highest BCUT2D eigenvalue weighted by Crippen LogP contribution is 1.96. The molecule has 0 bridgehead atoms. The molecule has 0 aliphatic heterocycles. The minimum absolute atomic E-state index is 0.138. The van der Waals surface area contributed by atoms with Gasteiger partial charge < -0.3 is 15.6 Å². The number of nitrogens with two attached hydrogens (primary N) is 1. The van der Waals surface area contributed by atoms with E-state index in [1.54, 1.807) is 6.92 Å². The maximum absolute atomic E-state index is 11.3. The van der Waals surface area contributed by atoms with Gasteiger partial charge in [-0.05, 0) is 6.42 Å². The van der Waals surface area contributed by atoms with Gasteiger partial charge in [0.05, 0.1) is 12.4 Å². The van der Waals surface area contributed by atoms with E-state index in [9.17, 15) is 18.0 Å². The molecule has 0 radical (unpaired) electrons. The van der Waals surface area contributed by atoms with Crippen molar-refractivity contribution in [2.45, 2.75) is 19.4 Å². The van der Waals surface area contributed by atoms with Crippen LogP contribution < -0.4 is 5.73 Å². The van der Waals surface area contributed by atoms with Crippen molar-refractivity contribution in [2.24, 2.45) is 5.73 Å². The molecule has 0 saturated carbocycles. The molecule has 0 amide bonds. The van der Waals surface area contributed by atoms with E-state index < -0.39 is 39.3 Å². The second-order valence-corrected chi connectivity index (χ2v) is 5.33. The number of sulfone groups is 1. The zero-order valence-electron chi connectivity index (χ0n) is 8.88. The molecule has 0 rings (SSSR count). The second kappa shape index (κ2) is 6.44. The minimum atomic E-state index is -3.84. The van der Waals surface area contributed by atoms with Crippen molar-refractivity contribution < 1.29 is 27.9 Å². The third kappa shape index (κ3) is 6.36. The summed E-state index contributed by atoms with van der Waals surface area (Å²) in [7, 11) is -3.84. The predicted molar refractivity (Wildman–Crippen MR) is 55.5 cm³/mol. The summed E-state index contributed by atoms with van der Waals surface area (Å²) in [6.45, 7) is 1.90. The Bertz CT molecular complexity index is 350. The number of carboxylic acids is 1. The van der Waals surface area contributed by atoms with Gasteiger partial charge in [-0.15, -0.1) is 0 Å². The maximum atomic E-state index is 11.3. The van der Waals surface area contributed by atoms with Crippen molar-refractivity contribution in [3.8, 4) is 0 Å². The van der Waals surface area contributed by atoms with Crippen LogP contribution in [0.5, 0.6) is 0 Å². The van der Waals surface area contributed by atoms with Gasteiger partial charge in [-0.2, -0.15) is 0 Å². The highest BCUT2D eigenvalue weighted by molar-refractivity contribution is 7.92. The first-order chi connectivity index (χ1) is 7.28. The molecule has 0 heterocycles. The third-order valence-corrected chi connectivity index (χ3v) is 3.10. The highest BCUT2D eigenvalue weighted by Gasteiger charge is 2.24. The Balaban J connectivity index is 4.25. The minimum Gasteiger partial charge on any atom is -0.480 e. The fourth-order valence-electron chi connectivity index (χ4n) is 0.841. The number of hydrogen-bond donors (Lipinski definition) is 2. The monoisotopic (exact) mass is 253 g/mol. The number of carbonyl (C=O) groups excluding carboxylic acids is 1. The summed E-state index contributed by atoms with van der Waals surface area (Å²) < 4.78 is 27.1. The number of carbonyl (C=O) groups is 2. The Morgan fingerprint density at radius 1 is 1.44 bits per heavy atom. The average Bonchev–Trinajstić information content (AvgIpc) is 2.12. The normalized spacial score (nSPS) is 13.1. The molecular weight excluding hydrogens is 238 g/mol. The lowest BCUT2D eigenvalue weighted by atomic mass is 10.4. The van der Waals surface area contributed by atoms with Crippen LogP contribution in [-0.4, -0.2) is 49.6 Å². The Morgan fingerprint density at radius 2 is 2.00 bits per heavy atom. The van der Waals surface area contributed by atoms with Gasteiger partial charge in [-0.3, -0.25) is 9.59 Å². The molecule has 3 N–H and O–H groups in total. The van der Waals surface area contributed by atoms with Crippen LogP contribution in [0.25, 0.3) is 0 Å². The van der Waals surface area contributed by atoms with Gasteiger partial charge in [0.2, 0.25) is 0 Å². The molecule has 0 saturated heterocycles. The number of rotatable bonds is 7. The van der Waals surface area contributed by atoms with Crippen LogP contribution in [0.1, 0.15) is 13.3 Å². The maximum Gasteiger partial charge on any atom is 0.321 e. The first kappa shape index (κ1) is 14.8. The van der Waals surface area contributed by atoms with Crippen LogP contribution in [-0.2, 0) is 24.2 Å². The van der Waals surface area contributed by atoms with Gasteiger partial charge in [-0.25, -0.2) is 8.42 Å². The van der Waals surface area contributed by atoms with Crippen molar-refractivity contribution in [1.82, 2.24) is 0 Å². The Labute approximate surface area is 93.5 Å². The van der Waals surface area contributed by atoms with E-state index in [0.29, 0.717) is 6.42 Å². The van der Waals surface area contributed by atoms with E-state index in [2.05, 4.69) is 4.74 Å². The number of ether oxygens (including phenoxy) is 1. The van der Waals surface area contributed by atoms with Gasteiger partial charge in [0.15, 0.2) is 9.84 Å². The van der Waals surface area contributed by atoms with E-state index in [1.165, 1.54) is 0 Å². The van der Waals surface area contributed by atoms with Gasteiger partial charge in [0, 0.05) is 0 Å². The summed E-state index contributed by atoms with van der Waals surface area (Å²) in [4.78, 5) is 21.3. The molecule has 0 aliphatic rings. The Hall–Kier alpha value is -1.15. The molecule has 0 aromatic heterocycles. The first-order valence-electron chi connectivity index (χ1n) is 4.63. The Morgan fingerprint density at radius 3 is 2.44 bits per heavy atom. The van der Waals surface area contributed by atoms with Crippen molar-refractivity contribution in [1.29, 1.82) is 0 Å². The summed E-state index contributed by atoms with van der Waals surface area (Å²) in [5.41, 5.74) is 5.05. The zero-order chi connectivity index (χ0) is 12.8. The highest BCUT2D eigenvalue weighted by atomic mass is 32.2. The zero-order valence-corrected chi connectivity index (χ0v) is 9.70. The standard InChI is InChI=1S/C8H15NO6S/c1-2-3-15-7(10)5-16(13,14)4-6(9)8(11)12/h6H,2-5,9H2,1H3,(H,11,12)/t6-/m0/s1. The van der Waals surface area contributed by atoms with Gasteiger partial charge in [-0.1, -0.05) is 6.92 Å². The second-order valence-electron chi connectivity index (χ2n) is 3.22. The van der Waals surface area contributed by atoms with Crippen LogP contribution in [0.2, 0.25) is 0 Å². The lowest BCUT2D eigenvalue weighted by molar-refractivity contribution is -0.141. The van der Waals surface area contributed by atoms with Crippen molar-refractivity contribution in [3.05, 3.63) is 0 Å². The molecule has 16 heavy (non-hydrogen) atoms. The lowest BCUT2D eigenvalue weighted by Crippen LogP contribution is -2.39. The summed E-state index contributed by atoms with van der Waals surface area (Å²) in [6.07, 6.45) is 0.584.